The van der Waals surface area contributed by atoms with Crippen molar-refractivity contribution in [3.8, 4) is 45.6 Å². The maximum absolute atomic E-state index is 4.97. The second-order valence-corrected chi connectivity index (χ2v) is 13.1. The van der Waals surface area contributed by atoms with Gasteiger partial charge in [0.1, 0.15) is 0 Å². The molecule has 226 valence electrons. The lowest BCUT2D eigenvalue weighted by Crippen LogP contribution is -2.16. The fourth-order valence-corrected chi connectivity index (χ4v) is 5.62. The van der Waals surface area contributed by atoms with Crippen molar-refractivity contribution in [2.24, 2.45) is 0 Å². The van der Waals surface area contributed by atoms with Crippen molar-refractivity contribution in [2.45, 2.75) is 90.9 Å². The highest BCUT2D eigenvalue weighted by molar-refractivity contribution is 5.66. The molecule has 0 unspecified atom stereocenters. The van der Waals surface area contributed by atoms with Gasteiger partial charge in [-0.05, 0) is 40.4 Å². The van der Waals surface area contributed by atoms with Crippen LogP contribution in [0.2, 0.25) is 0 Å². The minimum Gasteiger partial charge on any atom is -0.233 e. The first-order chi connectivity index (χ1) is 21.2. The molecule has 44 heavy (non-hydrogen) atoms. The van der Waals surface area contributed by atoms with Crippen LogP contribution in [0.3, 0.4) is 0 Å². The first-order valence-corrected chi connectivity index (χ1v) is 16.1. The first-order valence-electron chi connectivity index (χ1n) is 16.1. The molecule has 5 heteroatoms. The fraction of sp³-hybridized carbons (Fsp3) is 0.359. The topological polar surface area (TPSA) is 64.5 Å². The maximum atomic E-state index is 4.97. The Balaban J connectivity index is 1.53. The van der Waals surface area contributed by atoms with Crippen LogP contribution in [0.1, 0.15) is 91.2 Å². The Bertz CT molecular complexity index is 1560. The zero-order valence-electron chi connectivity index (χ0n) is 27.1. The summed E-state index contributed by atoms with van der Waals surface area (Å²) in [6.07, 6.45) is 10.8. The van der Waals surface area contributed by atoms with Crippen LogP contribution in [0.15, 0.2) is 91.3 Å². The van der Waals surface area contributed by atoms with Gasteiger partial charge in [0.25, 0.3) is 0 Å². The van der Waals surface area contributed by atoms with E-state index in [9.17, 15) is 0 Å². The molecule has 0 spiro atoms. The van der Waals surface area contributed by atoms with Crippen molar-refractivity contribution >= 4 is 0 Å². The van der Waals surface area contributed by atoms with Gasteiger partial charge in [-0.1, -0.05) is 146 Å². The van der Waals surface area contributed by atoms with Gasteiger partial charge in [-0.2, -0.15) is 0 Å². The van der Waals surface area contributed by atoms with Gasteiger partial charge in [0.05, 0.1) is 0 Å². The highest BCUT2D eigenvalue weighted by atomic mass is 15.1. The summed E-state index contributed by atoms with van der Waals surface area (Å²) in [5.74, 6) is 2.17. The van der Waals surface area contributed by atoms with Crippen molar-refractivity contribution in [1.29, 1.82) is 0 Å². The molecule has 0 bridgehead atoms. The number of aromatic nitrogens is 5. The normalized spacial score (nSPS) is 12.0. The highest BCUT2D eigenvalue weighted by Crippen LogP contribution is 2.33. The van der Waals surface area contributed by atoms with Gasteiger partial charge in [0, 0.05) is 29.1 Å². The summed E-state index contributed by atoms with van der Waals surface area (Å²) in [6.45, 7) is 13.8. The van der Waals surface area contributed by atoms with Crippen LogP contribution in [-0.2, 0) is 10.8 Å². The summed E-state index contributed by atoms with van der Waals surface area (Å²) >= 11 is 0. The highest BCUT2D eigenvalue weighted by Gasteiger charge is 2.22. The molecule has 0 saturated heterocycles. The number of unbranched alkanes of at least 4 members (excludes halogenated alkanes) is 2. The van der Waals surface area contributed by atoms with E-state index in [1.807, 2.05) is 30.6 Å². The summed E-state index contributed by atoms with van der Waals surface area (Å²) in [7, 11) is 0. The second kappa shape index (κ2) is 13.6. The Morgan fingerprint density at radius 3 is 1.32 bits per heavy atom. The van der Waals surface area contributed by atoms with Crippen molar-refractivity contribution in [3.05, 3.63) is 102 Å². The lowest BCUT2D eigenvalue weighted by atomic mass is 9.80. The van der Waals surface area contributed by atoms with E-state index in [0.717, 1.165) is 35.1 Å². The number of rotatable bonds is 12. The maximum Gasteiger partial charge on any atom is 0.201 e. The molecule has 0 radical (unpaired) electrons. The Labute approximate surface area is 263 Å². The third-order valence-electron chi connectivity index (χ3n) is 8.75. The minimum absolute atomic E-state index is 0.116. The quantitative estimate of drug-likeness (QED) is 0.146. The van der Waals surface area contributed by atoms with Crippen LogP contribution >= 0.6 is 0 Å². The van der Waals surface area contributed by atoms with Gasteiger partial charge < -0.3 is 0 Å². The average Bonchev–Trinajstić information content (AvgIpc) is 3.07. The van der Waals surface area contributed by atoms with Gasteiger partial charge in [0.2, 0.25) is 5.82 Å². The Morgan fingerprint density at radius 2 is 0.886 bits per heavy atom. The predicted molar refractivity (Wildman–Crippen MR) is 182 cm³/mol. The largest absolute Gasteiger partial charge is 0.233 e. The van der Waals surface area contributed by atoms with Gasteiger partial charge in [-0.15, -0.1) is 0 Å². The standard InChI is InChI=1S/C39H45N5/c1-7-9-24-38(3,4)32-20-16-29(17-21-32)34-42-35(30-18-22-33(23-19-30)39(5,6)25-10-8-2)44-37(43-34)36-40-26-31(27-41-36)28-14-12-11-13-15-28/h11-23,26-27H,7-10,24-25H2,1-6H3. The summed E-state index contributed by atoms with van der Waals surface area (Å²) in [6, 6.07) is 27.5. The molecule has 3 aromatic carbocycles. The van der Waals surface area contributed by atoms with Crippen LogP contribution in [0.4, 0.5) is 0 Å². The summed E-state index contributed by atoms with van der Waals surface area (Å²) in [4.78, 5) is 24.1. The van der Waals surface area contributed by atoms with Crippen LogP contribution < -0.4 is 0 Å². The first kappa shape index (κ1) is 31.2. The van der Waals surface area contributed by atoms with E-state index in [1.165, 1.54) is 36.8 Å². The van der Waals surface area contributed by atoms with Crippen LogP contribution in [-0.4, -0.2) is 24.9 Å². The molecule has 5 rings (SSSR count). The van der Waals surface area contributed by atoms with Crippen LogP contribution in [0.5, 0.6) is 0 Å². The molecular formula is C39H45N5. The monoisotopic (exact) mass is 583 g/mol. The molecule has 2 heterocycles. The molecule has 0 fully saturated rings. The molecule has 5 aromatic rings. The third kappa shape index (κ3) is 7.27. The average molecular weight is 584 g/mol. The van der Waals surface area contributed by atoms with E-state index in [-0.39, 0.29) is 10.8 Å². The molecule has 0 aliphatic heterocycles. The van der Waals surface area contributed by atoms with Crippen molar-refractivity contribution < 1.29 is 0 Å². The fourth-order valence-electron chi connectivity index (χ4n) is 5.62. The molecule has 0 aliphatic rings. The van der Waals surface area contributed by atoms with Crippen molar-refractivity contribution in [3.63, 3.8) is 0 Å². The van der Waals surface area contributed by atoms with Gasteiger partial charge in [-0.25, -0.2) is 24.9 Å². The Morgan fingerprint density at radius 1 is 0.455 bits per heavy atom. The Hall–Kier alpha value is -4.25. The zero-order valence-corrected chi connectivity index (χ0v) is 27.1. The number of hydrogen-bond acceptors (Lipinski definition) is 5. The van der Waals surface area contributed by atoms with E-state index < -0.39 is 0 Å². The van der Waals surface area contributed by atoms with Crippen molar-refractivity contribution in [1.82, 2.24) is 24.9 Å². The molecular weight excluding hydrogens is 538 g/mol. The summed E-state index contributed by atoms with van der Waals surface area (Å²) < 4.78 is 0. The number of hydrogen-bond donors (Lipinski definition) is 0. The zero-order chi connectivity index (χ0) is 31.2. The molecule has 0 saturated carbocycles. The Kier molecular flexibility index (Phi) is 9.63. The van der Waals surface area contributed by atoms with E-state index in [2.05, 4.69) is 112 Å². The van der Waals surface area contributed by atoms with Crippen LogP contribution in [0.25, 0.3) is 45.6 Å². The lowest BCUT2D eigenvalue weighted by Gasteiger charge is -2.25. The lowest BCUT2D eigenvalue weighted by molar-refractivity contribution is 0.458. The van der Waals surface area contributed by atoms with Crippen molar-refractivity contribution in [2.75, 3.05) is 0 Å². The smallest absolute Gasteiger partial charge is 0.201 e. The summed E-state index contributed by atoms with van der Waals surface area (Å²) in [5.41, 5.74) is 6.80. The van der Waals surface area contributed by atoms with E-state index in [4.69, 9.17) is 15.0 Å². The molecule has 0 atom stereocenters. The molecule has 0 amide bonds. The van der Waals surface area contributed by atoms with Gasteiger partial charge in [0.15, 0.2) is 17.5 Å². The van der Waals surface area contributed by atoms with E-state index in [1.54, 1.807) is 0 Å². The predicted octanol–water partition coefficient (Wildman–Crippen LogP) is 10.3. The third-order valence-corrected chi connectivity index (χ3v) is 8.75. The van der Waals surface area contributed by atoms with E-state index in [0.29, 0.717) is 23.3 Å². The number of nitrogens with zero attached hydrogens (tertiary/aromatic N) is 5. The summed E-state index contributed by atoms with van der Waals surface area (Å²) in [5, 5.41) is 0. The van der Waals surface area contributed by atoms with E-state index >= 15 is 0 Å². The molecule has 2 aromatic heterocycles. The van der Waals surface area contributed by atoms with Crippen LogP contribution in [0, 0.1) is 0 Å². The molecule has 5 nitrogen and oxygen atoms in total. The van der Waals surface area contributed by atoms with Gasteiger partial charge >= 0.3 is 0 Å². The minimum atomic E-state index is 0.116. The second-order valence-electron chi connectivity index (χ2n) is 13.1. The number of benzene rings is 3. The SMILES string of the molecule is CCCCC(C)(C)c1ccc(-c2nc(-c3ccc(C(C)(C)CCCC)cc3)nc(-c3ncc(-c4ccccc4)cn3)n2)cc1. The van der Waals surface area contributed by atoms with Gasteiger partial charge in [-0.3, -0.25) is 0 Å². The molecule has 0 aliphatic carbocycles. The molecule has 0 N–H and O–H groups in total.